The minimum absolute atomic E-state index is 0.130. The molecule has 2 heteroatoms. The highest BCUT2D eigenvalue weighted by atomic mass is 16.5. The molecule has 0 saturated heterocycles. The number of ether oxygens (including phenoxy) is 1. The van der Waals surface area contributed by atoms with Gasteiger partial charge in [0.25, 0.3) is 0 Å². The highest BCUT2D eigenvalue weighted by molar-refractivity contribution is 5.33. The first-order valence-electron chi connectivity index (χ1n) is 6.67. The molecule has 1 aromatic carbocycles. The van der Waals surface area contributed by atoms with E-state index in [1.165, 1.54) is 12.0 Å². The van der Waals surface area contributed by atoms with Crippen molar-refractivity contribution in [2.24, 2.45) is 0 Å². The van der Waals surface area contributed by atoms with Crippen molar-refractivity contribution in [2.75, 3.05) is 6.61 Å². The zero-order chi connectivity index (χ0) is 12.1. The SMILES string of the molecule is CCc1ccccc1OC1(CO)CCCCC1. The molecule has 0 aliphatic heterocycles. The average Bonchev–Trinajstić information content (AvgIpc) is 2.40. The van der Waals surface area contributed by atoms with Gasteiger partial charge in [0.1, 0.15) is 11.4 Å². The van der Waals surface area contributed by atoms with Gasteiger partial charge in [0.05, 0.1) is 6.61 Å². The van der Waals surface area contributed by atoms with Crippen molar-refractivity contribution >= 4 is 0 Å². The monoisotopic (exact) mass is 234 g/mol. The Labute approximate surface area is 104 Å². The van der Waals surface area contributed by atoms with Gasteiger partial charge in [-0.05, 0) is 43.7 Å². The normalized spacial score (nSPS) is 18.9. The van der Waals surface area contributed by atoms with E-state index in [0.29, 0.717) is 0 Å². The van der Waals surface area contributed by atoms with E-state index in [0.717, 1.165) is 37.9 Å². The van der Waals surface area contributed by atoms with Crippen molar-refractivity contribution in [3.8, 4) is 5.75 Å². The minimum Gasteiger partial charge on any atom is -0.485 e. The van der Waals surface area contributed by atoms with E-state index >= 15 is 0 Å². The number of para-hydroxylation sites is 1. The molecule has 94 valence electrons. The molecule has 1 aliphatic rings. The number of benzene rings is 1. The van der Waals surface area contributed by atoms with Crippen molar-refractivity contribution in [2.45, 2.75) is 51.0 Å². The maximum Gasteiger partial charge on any atom is 0.132 e. The van der Waals surface area contributed by atoms with Gasteiger partial charge in [-0.15, -0.1) is 0 Å². The van der Waals surface area contributed by atoms with Crippen LogP contribution >= 0.6 is 0 Å². The predicted molar refractivity (Wildman–Crippen MR) is 69.3 cm³/mol. The van der Waals surface area contributed by atoms with E-state index in [9.17, 15) is 5.11 Å². The molecule has 0 radical (unpaired) electrons. The Morgan fingerprint density at radius 3 is 2.53 bits per heavy atom. The lowest BCUT2D eigenvalue weighted by Gasteiger charge is -2.36. The Morgan fingerprint density at radius 1 is 1.18 bits per heavy atom. The summed E-state index contributed by atoms with van der Waals surface area (Å²) in [5, 5.41) is 9.64. The van der Waals surface area contributed by atoms with E-state index in [4.69, 9.17) is 4.74 Å². The largest absolute Gasteiger partial charge is 0.485 e. The first-order chi connectivity index (χ1) is 8.29. The molecule has 0 bridgehead atoms. The summed E-state index contributed by atoms with van der Waals surface area (Å²) < 4.78 is 6.16. The summed E-state index contributed by atoms with van der Waals surface area (Å²) in [6.07, 6.45) is 6.50. The standard InChI is InChI=1S/C15H22O2/c1-2-13-8-4-5-9-14(13)17-15(12-16)10-6-3-7-11-15/h4-5,8-9,16H,2-3,6-7,10-12H2,1H3. The van der Waals surface area contributed by atoms with E-state index in [1.54, 1.807) is 0 Å². The number of hydrogen-bond donors (Lipinski definition) is 1. The van der Waals surface area contributed by atoms with Gasteiger partial charge in [-0.3, -0.25) is 0 Å². The Morgan fingerprint density at radius 2 is 1.88 bits per heavy atom. The lowest BCUT2D eigenvalue weighted by molar-refractivity contribution is -0.0204. The Hall–Kier alpha value is -1.02. The molecule has 17 heavy (non-hydrogen) atoms. The van der Waals surface area contributed by atoms with Gasteiger partial charge in [-0.1, -0.05) is 31.5 Å². The van der Waals surface area contributed by atoms with Crippen LogP contribution in [0.25, 0.3) is 0 Å². The van der Waals surface area contributed by atoms with E-state index in [-0.39, 0.29) is 12.2 Å². The van der Waals surface area contributed by atoms with Crippen LogP contribution in [0.3, 0.4) is 0 Å². The molecule has 1 fully saturated rings. The fraction of sp³-hybridized carbons (Fsp3) is 0.600. The minimum atomic E-state index is -0.330. The highest BCUT2D eigenvalue weighted by Crippen LogP contribution is 2.34. The topological polar surface area (TPSA) is 29.5 Å². The van der Waals surface area contributed by atoms with Crippen molar-refractivity contribution in [3.63, 3.8) is 0 Å². The Kier molecular flexibility index (Phi) is 4.06. The smallest absolute Gasteiger partial charge is 0.132 e. The van der Waals surface area contributed by atoms with Gasteiger partial charge in [-0.2, -0.15) is 0 Å². The van der Waals surface area contributed by atoms with Crippen LogP contribution in [0.1, 0.15) is 44.6 Å². The summed E-state index contributed by atoms with van der Waals surface area (Å²) in [6, 6.07) is 8.16. The second-order valence-electron chi connectivity index (χ2n) is 4.97. The molecule has 0 amide bonds. The summed E-state index contributed by atoms with van der Waals surface area (Å²) >= 11 is 0. The summed E-state index contributed by atoms with van der Waals surface area (Å²) in [5.74, 6) is 0.950. The van der Waals surface area contributed by atoms with E-state index in [2.05, 4.69) is 13.0 Å². The van der Waals surface area contributed by atoms with Crippen LogP contribution < -0.4 is 4.74 Å². The second kappa shape index (κ2) is 5.54. The summed E-state index contributed by atoms with van der Waals surface area (Å²) in [4.78, 5) is 0. The van der Waals surface area contributed by atoms with Crippen LogP contribution in [0.2, 0.25) is 0 Å². The van der Waals surface area contributed by atoms with E-state index < -0.39 is 0 Å². The van der Waals surface area contributed by atoms with Gasteiger partial charge in [-0.25, -0.2) is 0 Å². The van der Waals surface area contributed by atoms with Crippen LogP contribution in [0, 0.1) is 0 Å². The Balaban J connectivity index is 2.17. The van der Waals surface area contributed by atoms with Gasteiger partial charge in [0, 0.05) is 0 Å². The molecule has 1 aromatic rings. The van der Waals surface area contributed by atoms with Crippen molar-refractivity contribution in [1.29, 1.82) is 0 Å². The number of aliphatic hydroxyl groups is 1. The zero-order valence-electron chi connectivity index (χ0n) is 10.6. The average molecular weight is 234 g/mol. The van der Waals surface area contributed by atoms with Gasteiger partial charge < -0.3 is 9.84 Å². The molecule has 1 N–H and O–H groups in total. The predicted octanol–water partition coefficient (Wildman–Crippen LogP) is 3.32. The van der Waals surface area contributed by atoms with Crippen LogP contribution in [0.4, 0.5) is 0 Å². The van der Waals surface area contributed by atoms with Crippen LogP contribution in [0.15, 0.2) is 24.3 Å². The number of aliphatic hydroxyl groups excluding tert-OH is 1. The van der Waals surface area contributed by atoms with Gasteiger partial charge in [0.15, 0.2) is 0 Å². The molecule has 2 nitrogen and oxygen atoms in total. The fourth-order valence-electron chi connectivity index (χ4n) is 2.62. The van der Waals surface area contributed by atoms with E-state index in [1.807, 2.05) is 18.2 Å². The van der Waals surface area contributed by atoms with Crippen LogP contribution in [0.5, 0.6) is 5.75 Å². The third kappa shape index (κ3) is 2.81. The zero-order valence-corrected chi connectivity index (χ0v) is 10.6. The maximum absolute atomic E-state index is 9.64. The third-order valence-electron chi connectivity index (χ3n) is 3.73. The molecule has 0 heterocycles. The number of aryl methyl sites for hydroxylation is 1. The molecular formula is C15H22O2. The van der Waals surface area contributed by atoms with Crippen LogP contribution in [-0.2, 0) is 6.42 Å². The number of hydrogen-bond acceptors (Lipinski definition) is 2. The molecule has 1 aliphatic carbocycles. The quantitative estimate of drug-likeness (QED) is 0.866. The summed E-state index contributed by atoms with van der Waals surface area (Å²) in [5.41, 5.74) is 0.898. The molecule has 2 rings (SSSR count). The van der Waals surface area contributed by atoms with Crippen molar-refractivity contribution in [3.05, 3.63) is 29.8 Å². The molecule has 1 saturated carbocycles. The second-order valence-corrected chi connectivity index (χ2v) is 4.97. The van der Waals surface area contributed by atoms with Crippen molar-refractivity contribution < 1.29 is 9.84 Å². The lowest BCUT2D eigenvalue weighted by Crippen LogP contribution is -2.42. The molecule has 0 atom stereocenters. The highest BCUT2D eigenvalue weighted by Gasteiger charge is 2.33. The van der Waals surface area contributed by atoms with Crippen molar-refractivity contribution in [1.82, 2.24) is 0 Å². The first-order valence-corrected chi connectivity index (χ1v) is 6.67. The molecular weight excluding hydrogens is 212 g/mol. The van der Waals surface area contributed by atoms with Crippen LogP contribution in [-0.4, -0.2) is 17.3 Å². The fourth-order valence-corrected chi connectivity index (χ4v) is 2.62. The lowest BCUT2D eigenvalue weighted by atomic mass is 9.85. The maximum atomic E-state index is 9.64. The van der Waals surface area contributed by atoms with Gasteiger partial charge in [0.2, 0.25) is 0 Å². The summed E-state index contributed by atoms with van der Waals surface area (Å²) in [7, 11) is 0. The first kappa shape index (κ1) is 12.4. The molecule has 0 unspecified atom stereocenters. The van der Waals surface area contributed by atoms with Gasteiger partial charge >= 0.3 is 0 Å². The number of rotatable bonds is 4. The summed E-state index contributed by atoms with van der Waals surface area (Å²) in [6.45, 7) is 2.26. The molecule has 0 aromatic heterocycles. The molecule has 0 spiro atoms. The Bertz CT molecular complexity index is 354. The third-order valence-corrected chi connectivity index (χ3v) is 3.73.